The van der Waals surface area contributed by atoms with Crippen LogP contribution in [-0.2, 0) is 4.79 Å². The van der Waals surface area contributed by atoms with Gasteiger partial charge in [-0.1, -0.05) is 31.8 Å². The highest BCUT2D eigenvalue weighted by Crippen LogP contribution is 2.38. The first kappa shape index (κ1) is 13.6. The highest BCUT2D eigenvalue weighted by Gasteiger charge is 2.36. The number of rotatable bonds is 2. The zero-order chi connectivity index (χ0) is 13.7. The van der Waals surface area contributed by atoms with Gasteiger partial charge in [-0.3, -0.25) is 4.79 Å². The van der Waals surface area contributed by atoms with E-state index in [-0.39, 0.29) is 17.9 Å². The fourth-order valence-corrected chi connectivity index (χ4v) is 2.35. The summed E-state index contributed by atoms with van der Waals surface area (Å²) < 4.78 is 0. The molecule has 1 amide bonds. The van der Waals surface area contributed by atoms with Gasteiger partial charge < -0.3 is 10.4 Å². The third-order valence-electron chi connectivity index (χ3n) is 3.54. The number of aliphatic hydroxyl groups is 1. The fourth-order valence-electron chi connectivity index (χ4n) is 2.35. The van der Waals surface area contributed by atoms with Gasteiger partial charge >= 0.3 is 0 Å². The summed E-state index contributed by atoms with van der Waals surface area (Å²) in [6.07, 6.45) is 4.09. The Balaban J connectivity index is 2.08. The van der Waals surface area contributed by atoms with Crippen LogP contribution < -0.4 is 5.32 Å². The van der Waals surface area contributed by atoms with E-state index in [4.69, 9.17) is 5.11 Å². The normalized spacial score (nSPS) is 16.5. The van der Waals surface area contributed by atoms with E-state index < -0.39 is 0 Å². The Kier molecular flexibility index (Phi) is 4.18. The summed E-state index contributed by atoms with van der Waals surface area (Å²) in [7, 11) is 0. The van der Waals surface area contributed by atoms with Crippen LogP contribution in [0.15, 0.2) is 18.2 Å². The van der Waals surface area contributed by atoms with Gasteiger partial charge in [0.15, 0.2) is 0 Å². The van der Waals surface area contributed by atoms with Gasteiger partial charge in [-0.25, -0.2) is 4.98 Å². The van der Waals surface area contributed by atoms with Gasteiger partial charge in [0.25, 0.3) is 0 Å². The van der Waals surface area contributed by atoms with Gasteiger partial charge in [0, 0.05) is 5.41 Å². The second kappa shape index (κ2) is 5.85. The van der Waals surface area contributed by atoms with Crippen molar-refractivity contribution in [1.29, 1.82) is 0 Å². The molecule has 1 heterocycles. The lowest BCUT2D eigenvalue weighted by atomic mass is 9.88. The van der Waals surface area contributed by atoms with Crippen LogP contribution in [0, 0.1) is 17.3 Å². The van der Waals surface area contributed by atoms with E-state index in [1.165, 1.54) is 0 Å². The first-order valence-electron chi connectivity index (χ1n) is 6.52. The molecule has 0 unspecified atom stereocenters. The van der Waals surface area contributed by atoms with Crippen molar-refractivity contribution in [2.45, 2.75) is 32.6 Å². The van der Waals surface area contributed by atoms with E-state index >= 15 is 0 Å². The molecule has 1 saturated carbocycles. The Hall–Kier alpha value is -1.86. The monoisotopic (exact) mass is 258 g/mol. The van der Waals surface area contributed by atoms with Crippen LogP contribution in [0.1, 0.15) is 38.3 Å². The molecule has 0 atom stereocenters. The van der Waals surface area contributed by atoms with Crippen molar-refractivity contribution >= 4 is 11.7 Å². The minimum absolute atomic E-state index is 0.0322. The summed E-state index contributed by atoms with van der Waals surface area (Å²) in [5.74, 6) is 5.81. The molecule has 1 aliphatic carbocycles. The number of nitrogens with zero attached hydrogens (tertiary/aromatic N) is 1. The SMILES string of the molecule is CC1(C(=O)Nc2cccc(C#CCO)n2)CCCC1. The highest BCUT2D eigenvalue weighted by atomic mass is 16.2. The van der Waals surface area contributed by atoms with Gasteiger partial charge in [0.1, 0.15) is 18.1 Å². The van der Waals surface area contributed by atoms with Crippen LogP contribution in [0.3, 0.4) is 0 Å². The average molecular weight is 258 g/mol. The second-order valence-corrected chi connectivity index (χ2v) is 5.09. The van der Waals surface area contributed by atoms with Crippen LogP contribution >= 0.6 is 0 Å². The van der Waals surface area contributed by atoms with Crippen LogP contribution in [0.4, 0.5) is 5.82 Å². The quantitative estimate of drug-likeness (QED) is 0.797. The van der Waals surface area contributed by atoms with Crippen LogP contribution in [0.5, 0.6) is 0 Å². The summed E-state index contributed by atoms with van der Waals surface area (Å²) in [4.78, 5) is 16.5. The second-order valence-electron chi connectivity index (χ2n) is 5.09. The van der Waals surface area contributed by atoms with Crippen LogP contribution in [0.25, 0.3) is 0 Å². The van der Waals surface area contributed by atoms with Crippen LogP contribution in [0.2, 0.25) is 0 Å². The van der Waals surface area contributed by atoms with E-state index in [1.54, 1.807) is 18.2 Å². The molecule has 2 N–H and O–H groups in total. The first-order valence-corrected chi connectivity index (χ1v) is 6.52. The molecule has 100 valence electrons. The summed E-state index contributed by atoms with van der Waals surface area (Å²) in [6.45, 7) is 1.81. The van der Waals surface area contributed by atoms with Crippen molar-refractivity contribution in [3.63, 3.8) is 0 Å². The Morgan fingerprint density at radius 1 is 1.47 bits per heavy atom. The van der Waals surface area contributed by atoms with E-state index in [2.05, 4.69) is 22.1 Å². The number of carbonyl (C=O) groups excluding carboxylic acids is 1. The zero-order valence-electron chi connectivity index (χ0n) is 11.1. The lowest BCUT2D eigenvalue weighted by Gasteiger charge is -2.21. The summed E-state index contributed by atoms with van der Waals surface area (Å²) in [5, 5.41) is 11.5. The number of carbonyl (C=O) groups is 1. The molecule has 0 spiro atoms. The summed E-state index contributed by atoms with van der Waals surface area (Å²) in [6, 6.07) is 5.29. The Bertz CT molecular complexity index is 522. The Morgan fingerprint density at radius 2 is 2.21 bits per heavy atom. The number of hydrogen-bond donors (Lipinski definition) is 2. The standard InChI is InChI=1S/C15H18N2O2/c1-15(9-2-3-10-15)14(19)17-13-8-4-6-12(16-13)7-5-11-18/h4,6,8,18H,2-3,9-11H2,1H3,(H,16,17,19). The van der Waals surface area contributed by atoms with Crippen molar-refractivity contribution in [2.24, 2.45) is 5.41 Å². The molecule has 0 aromatic carbocycles. The first-order chi connectivity index (χ1) is 9.14. The fraction of sp³-hybridized carbons (Fsp3) is 0.467. The topological polar surface area (TPSA) is 62.2 Å². The molecule has 0 bridgehead atoms. The molecular formula is C15H18N2O2. The van der Waals surface area contributed by atoms with E-state index in [0.29, 0.717) is 11.5 Å². The van der Waals surface area contributed by atoms with Gasteiger partial charge in [0.05, 0.1) is 0 Å². The van der Waals surface area contributed by atoms with Crippen molar-refractivity contribution < 1.29 is 9.90 Å². The number of amides is 1. The lowest BCUT2D eigenvalue weighted by Crippen LogP contribution is -2.31. The lowest BCUT2D eigenvalue weighted by molar-refractivity contribution is -0.124. The number of aromatic nitrogens is 1. The highest BCUT2D eigenvalue weighted by molar-refractivity contribution is 5.94. The molecule has 0 radical (unpaired) electrons. The third kappa shape index (κ3) is 3.33. The number of aliphatic hydroxyl groups excluding tert-OH is 1. The largest absolute Gasteiger partial charge is 0.384 e. The average Bonchev–Trinajstić information content (AvgIpc) is 2.85. The van der Waals surface area contributed by atoms with E-state index in [9.17, 15) is 4.79 Å². The molecule has 2 rings (SSSR count). The zero-order valence-corrected chi connectivity index (χ0v) is 11.1. The third-order valence-corrected chi connectivity index (χ3v) is 3.54. The van der Waals surface area contributed by atoms with Crippen molar-refractivity contribution in [3.05, 3.63) is 23.9 Å². The molecule has 4 nitrogen and oxygen atoms in total. The molecular weight excluding hydrogens is 240 g/mol. The maximum absolute atomic E-state index is 12.2. The minimum atomic E-state index is -0.269. The minimum Gasteiger partial charge on any atom is -0.384 e. The van der Waals surface area contributed by atoms with Gasteiger partial charge in [-0.2, -0.15) is 0 Å². The molecule has 1 fully saturated rings. The van der Waals surface area contributed by atoms with Crippen molar-refractivity contribution in [1.82, 2.24) is 4.98 Å². The van der Waals surface area contributed by atoms with Crippen molar-refractivity contribution in [3.8, 4) is 11.8 Å². The molecule has 19 heavy (non-hydrogen) atoms. The molecule has 4 heteroatoms. The summed E-state index contributed by atoms with van der Waals surface area (Å²) in [5.41, 5.74) is 0.275. The predicted octanol–water partition coefficient (Wildman–Crippen LogP) is 1.94. The van der Waals surface area contributed by atoms with E-state index in [0.717, 1.165) is 25.7 Å². The Labute approximate surface area is 113 Å². The van der Waals surface area contributed by atoms with Gasteiger partial charge in [-0.05, 0) is 30.9 Å². The Morgan fingerprint density at radius 3 is 2.89 bits per heavy atom. The number of anilines is 1. The molecule has 0 saturated heterocycles. The maximum atomic E-state index is 12.2. The molecule has 1 aromatic heterocycles. The summed E-state index contributed by atoms with van der Waals surface area (Å²) >= 11 is 0. The maximum Gasteiger partial charge on any atom is 0.231 e. The van der Waals surface area contributed by atoms with Crippen LogP contribution in [-0.4, -0.2) is 22.6 Å². The van der Waals surface area contributed by atoms with Gasteiger partial charge in [-0.15, -0.1) is 0 Å². The number of nitrogens with one attached hydrogen (secondary N) is 1. The van der Waals surface area contributed by atoms with Crippen molar-refractivity contribution in [2.75, 3.05) is 11.9 Å². The van der Waals surface area contributed by atoms with Gasteiger partial charge in [0.2, 0.25) is 5.91 Å². The molecule has 1 aromatic rings. The van der Waals surface area contributed by atoms with E-state index in [1.807, 2.05) is 6.92 Å². The molecule has 0 aliphatic heterocycles. The number of hydrogen-bond acceptors (Lipinski definition) is 3. The number of pyridine rings is 1. The smallest absolute Gasteiger partial charge is 0.231 e. The predicted molar refractivity (Wildman–Crippen MR) is 73.4 cm³/mol. The molecule has 1 aliphatic rings.